The van der Waals surface area contributed by atoms with Crippen LogP contribution >= 0.6 is 0 Å². The van der Waals surface area contributed by atoms with Crippen LogP contribution in [0.2, 0.25) is 0 Å². The van der Waals surface area contributed by atoms with Crippen LogP contribution in [-0.2, 0) is 4.74 Å². The van der Waals surface area contributed by atoms with Gasteiger partial charge in [-0.3, -0.25) is 0 Å². The molecule has 0 saturated carbocycles. The molecule has 1 amide bonds. The highest BCUT2D eigenvalue weighted by Gasteiger charge is 2.23. The topological polar surface area (TPSA) is 58.8 Å². The van der Waals surface area contributed by atoms with Crippen molar-refractivity contribution in [3.8, 4) is 0 Å². The van der Waals surface area contributed by atoms with Gasteiger partial charge in [-0.25, -0.2) is 4.79 Å². The first-order valence-electron chi connectivity index (χ1n) is 6.68. The molecule has 0 radical (unpaired) electrons. The van der Waals surface area contributed by atoms with Crippen molar-refractivity contribution in [2.45, 2.75) is 32.8 Å². The van der Waals surface area contributed by atoms with Gasteiger partial charge in [-0.2, -0.15) is 0 Å². The highest BCUT2D eigenvalue weighted by atomic mass is 16.6. The maximum absolute atomic E-state index is 11.7. The van der Waals surface area contributed by atoms with E-state index in [0.717, 1.165) is 26.2 Å². The molecule has 1 saturated heterocycles. The lowest BCUT2D eigenvalue weighted by atomic mass is 10.1. The van der Waals surface area contributed by atoms with Gasteiger partial charge in [-0.15, -0.1) is 0 Å². The lowest BCUT2D eigenvalue weighted by Gasteiger charge is -2.26. The molecule has 1 aliphatic heterocycles. The maximum Gasteiger partial charge on any atom is 0.410 e. The molecule has 1 fully saturated rings. The van der Waals surface area contributed by atoms with Crippen LogP contribution < -0.4 is 5.73 Å². The first kappa shape index (κ1) is 15.2. The number of rotatable bonds is 4. The zero-order chi connectivity index (χ0) is 13.8. The van der Waals surface area contributed by atoms with Crippen LogP contribution in [0.3, 0.4) is 0 Å². The van der Waals surface area contributed by atoms with Crippen molar-refractivity contribution >= 4 is 6.09 Å². The van der Waals surface area contributed by atoms with Crippen LogP contribution in [0.25, 0.3) is 0 Å². The van der Waals surface area contributed by atoms with Crippen molar-refractivity contribution in [1.82, 2.24) is 9.80 Å². The van der Waals surface area contributed by atoms with Gasteiger partial charge in [-0.05, 0) is 46.2 Å². The zero-order valence-electron chi connectivity index (χ0n) is 12.1. The number of likely N-dealkylation sites (tertiary alicyclic amines) is 1. The van der Waals surface area contributed by atoms with Gasteiger partial charge in [0.15, 0.2) is 0 Å². The minimum absolute atomic E-state index is 0.253. The Kier molecular flexibility index (Phi) is 5.41. The van der Waals surface area contributed by atoms with E-state index in [1.807, 2.05) is 20.8 Å². The normalized spacial score (nSPS) is 21.1. The van der Waals surface area contributed by atoms with Crippen LogP contribution in [0.4, 0.5) is 4.79 Å². The van der Waals surface area contributed by atoms with Crippen LogP contribution in [0.15, 0.2) is 0 Å². The number of carbonyl (C=O) groups is 1. The summed E-state index contributed by atoms with van der Waals surface area (Å²) in [6, 6.07) is 0. The van der Waals surface area contributed by atoms with Gasteiger partial charge >= 0.3 is 6.09 Å². The van der Waals surface area contributed by atoms with Crippen LogP contribution in [0, 0.1) is 5.92 Å². The lowest BCUT2D eigenvalue weighted by Crippen LogP contribution is -2.39. The first-order chi connectivity index (χ1) is 8.31. The number of amides is 1. The number of carbonyl (C=O) groups excluding carboxylic acids is 1. The van der Waals surface area contributed by atoms with Gasteiger partial charge in [0.2, 0.25) is 0 Å². The van der Waals surface area contributed by atoms with E-state index in [2.05, 4.69) is 4.90 Å². The molecule has 1 heterocycles. The molecule has 18 heavy (non-hydrogen) atoms. The SMILES string of the molecule is CN(CCN1CCC(CN)C1)C(=O)OC(C)(C)C. The predicted molar refractivity (Wildman–Crippen MR) is 72.5 cm³/mol. The van der Waals surface area contributed by atoms with Crippen LogP contribution in [-0.4, -0.2) is 61.3 Å². The predicted octanol–water partition coefficient (Wildman–Crippen LogP) is 1.13. The molecule has 1 rings (SSSR count). The molecule has 0 aliphatic carbocycles. The second kappa shape index (κ2) is 6.38. The summed E-state index contributed by atoms with van der Waals surface area (Å²) in [6.45, 7) is 10.1. The third-order valence-corrected chi connectivity index (χ3v) is 3.16. The van der Waals surface area contributed by atoms with Gasteiger partial charge in [0.05, 0.1) is 0 Å². The summed E-state index contributed by atoms with van der Waals surface area (Å²) in [6.07, 6.45) is 0.921. The third-order valence-electron chi connectivity index (χ3n) is 3.16. The van der Waals surface area contributed by atoms with Crippen molar-refractivity contribution in [3.63, 3.8) is 0 Å². The average Bonchev–Trinajstić information content (AvgIpc) is 2.71. The van der Waals surface area contributed by atoms with Crippen molar-refractivity contribution in [1.29, 1.82) is 0 Å². The van der Waals surface area contributed by atoms with E-state index < -0.39 is 5.60 Å². The summed E-state index contributed by atoms with van der Waals surface area (Å²) < 4.78 is 5.31. The lowest BCUT2D eigenvalue weighted by molar-refractivity contribution is 0.0286. The highest BCUT2D eigenvalue weighted by Crippen LogP contribution is 2.14. The van der Waals surface area contributed by atoms with Gasteiger partial charge in [-0.1, -0.05) is 0 Å². The fraction of sp³-hybridized carbons (Fsp3) is 0.923. The Labute approximate surface area is 110 Å². The monoisotopic (exact) mass is 257 g/mol. The number of likely N-dealkylation sites (N-methyl/N-ethyl adjacent to an activating group) is 1. The Morgan fingerprint density at radius 1 is 1.50 bits per heavy atom. The number of hydrogen-bond acceptors (Lipinski definition) is 4. The molecule has 5 heteroatoms. The van der Waals surface area contributed by atoms with Crippen LogP contribution in [0.1, 0.15) is 27.2 Å². The highest BCUT2D eigenvalue weighted by molar-refractivity contribution is 5.67. The molecule has 1 unspecified atom stereocenters. The number of nitrogens with zero attached hydrogens (tertiary/aromatic N) is 2. The molecule has 0 bridgehead atoms. The molecular weight excluding hydrogens is 230 g/mol. The van der Waals surface area contributed by atoms with Gasteiger partial charge < -0.3 is 20.3 Å². The van der Waals surface area contributed by atoms with E-state index in [1.165, 1.54) is 6.42 Å². The fourth-order valence-corrected chi connectivity index (χ4v) is 2.03. The molecule has 0 aromatic heterocycles. The number of nitrogens with two attached hydrogens (primary N) is 1. The van der Waals surface area contributed by atoms with E-state index in [-0.39, 0.29) is 6.09 Å². The summed E-state index contributed by atoms with van der Waals surface area (Å²) in [5, 5.41) is 0. The second-order valence-corrected chi connectivity index (χ2v) is 6.09. The molecule has 0 aromatic rings. The summed E-state index contributed by atoms with van der Waals surface area (Å²) in [7, 11) is 1.78. The van der Waals surface area contributed by atoms with Crippen molar-refractivity contribution in [2.24, 2.45) is 11.7 Å². The molecule has 0 aromatic carbocycles. The Morgan fingerprint density at radius 2 is 2.17 bits per heavy atom. The quantitative estimate of drug-likeness (QED) is 0.820. The zero-order valence-corrected chi connectivity index (χ0v) is 12.1. The smallest absolute Gasteiger partial charge is 0.410 e. The molecule has 5 nitrogen and oxygen atoms in total. The summed E-state index contributed by atoms with van der Waals surface area (Å²) in [5.41, 5.74) is 5.23. The summed E-state index contributed by atoms with van der Waals surface area (Å²) >= 11 is 0. The summed E-state index contributed by atoms with van der Waals surface area (Å²) in [4.78, 5) is 15.7. The first-order valence-corrected chi connectivity index (χ1v) is 6.68. The van der Waals surface area contributed by atoms with Gasteiger partial charge in [0.25, 0.3) is 0 Å². The van der Waals surface area contributed by atoms with E-state index in [1.54, 1.807) is 11.9 Å². The fourth-order valence-electron chi connectivity index (χ4n) is 2.03. The van der Waals surface area contributed by atoms with E-state index in [4.69, 9.17) is 10.5 Å². The van der Waals surface area contributed by atoms with E-state index in [0.29, 0.717) is 12.5 Å². The number of hydrogen-bond donors (Lipinski definition) is 1. The second-order valence-electron chi connectivity index (χ2n) is 6.09. The van der Waals surface area contributed by atoms with Gasteiger partial charge in [0.1, 0.15) is 5.60 Å². The van der Waals surface area contributed by atoms with Crippen molar-refractivity contribution in [2.75, 3.05) is 39.8 Å². The Hall–Kier alpha value is -0.810. The average molecular weight is 257 g/mol. The Morgan fingerprint density at radius 3 is 2.67 bits per heavy atom. The molecule has 2 N–H and O–H groups in total. The molecule has 1 atom stereocenters. The molecule has 106 valence electrons. The standard InChI is InChI=1S/C13H27N3O2/c1-13(2,3)18-12(17)15(4)7-8-16-6-5-11(9-14)10-16/h11H,5-10,14H2,1-4H3. The maximum atomic E-state index is 11.7. The van der Waals surface area contributed by atoms with E-state index in [9.17, 15) is 4.79 Å². The largest absolute Gasteiger partial charge is 0.444 e. The minimum atomic E-state index is -0.427. The Bertz CT molecular complexity index is 276. The van der Waals surface area contributed by atoms with E-state index >= 15 is 0 Å². The number of ether oxygens (including phenoxy) is 1. The Balaban J connectivity index is 2.25. The minimum Gasteiger partial charge on any atom is -0.444 e. The van der Waals surface area contributed by atoms with Crippen molar-refractivity contribution < 1.29 is 9.53 Å². The van der Waals surface area contributed by atoms with Gasteiger partial charge in [0, 0.05) is 26.7 Å². The third kappa shape index (κ3) is 5.23. The molecule has 1 aliphatic rings. The van der Waals surface area contributed by atoms with Crippen molar-refractivity contribution in [3.05, 3.63) is 0 Å². The molecular formula is C13H27N3O2. The summed E-state index contributed by atoms with van der Waals surface area (Å²) in [5.74, 6) is 0.622. The molecule has 0 spiro atoms. The van der Waals surface area contributed by atoms with Crippen LogP contribution in [0.5, 0.6) is 0 Å².